The first-order valence-corrected chi connectivity index (χ1v) is 7.02. The van der Waals surface area contributed by atoms with E-state index in [0.29, 0.717) is 24.4 Å². The molecule has 1 saturated heterocycles. The molecule has 17 heavy (non-hydrogen) atoms. The van der Waals surface area contributed by atoms with Gasteiger partial charge in [0.05, 0.1) is 6.61 Å². The van der Waals surface area contributed by atoms with E-state index in [1.165, 1.54) is 12.8 Å². The molecule has 1 heterocycles. The Morgan fingerprint density at radius 1 is 1.24 bits per heavy atom. The van der Waals surface area contributed by atoms with Gasteiger partial charge in [0, 0.05) is 12.5 Å². The summed E-state index contributed by atoms with van der Waals surface area (Å²) in [4.78, 5) is 0. The highest BCUT2D eigenvalue weighted by atomic mass is 16.8. The van der Waals surface area contributed by atoms with Crippen LogP contribution in [0.4, 0.5) is 0 Å². The van der Waals surface area contributed by atoms with Crippen molar-refractivity contribution in [3.8, 4) is 0 Å². The lowest BCUT2D eigenvalue weighted by atomic mass is 9.80. The van der Waals surface area contributed by atoms with Crippen molar-refractivity contribution >= 4 is 0 Å². The molecule has 0 amide bonds. The van der Waals surface area contributed by atoms with Crippen LogP contribution in [0, 0.1) is 23.7 Å². The van der Waals surface area contributed by atoms with E-state index in [2.05, 4.69) is 13.8 Å². The van der Waals surface area contributed by atoms with Crippen LogP contribution in [-0.2, 0) is 14.2 Å². The van der Waals surface area contributed by atoms with Crippen LogP contribution in [0.2, 0.25) is 0 Å². The van der Waals surface area contributed by atoms with E-state index >= 15 is 0 Å². The standard InChI is InChI=1S/C14H26O3/c1-5-15-11(4)17-14-13-9(2)6-7-12(13)10(3)8-16-14/h9-14H,5-8H2,1-4H3/t9-,10-,11?,12-,13+,14-/m0/s1. The van der Waals surface area contributed by atoms with Gasteiger partial charge >= 0.3 is 0 Å². The summed E-state index contributed by atoms with van der Waals surface area (Å²) in [7, 11) is 0. The second kappa shape index (κ2) is 5.68. The fourth-order valence-electron chi connectivity index (χ4n) is 3.47. The Kier molecular flexibility index (Phi) is 4.45. The summed E-state index contributed by atoms with van der Waals surface area (Å²) in [6, 6.07) is 0. The fourth-order valence-corrected chi connectivity index (χ4v) is 3.47. The highest BCUT2D eigenvalue weighted by Gasteiger charge is 2.46. The molecule has 0 aromatic heterocycles. The van der Waals surface area contributed by atoms with Gasteiger partial charge in [-0.3, -0.25) is 0 Å². The molecular weight excluding hydrogens is 216 g/mol. The van der Waals surface area contributed by atoms with Crippen molar-refractivity contribution < 1.29 is 14.2 Å². The summed E-state index contributed by atoms with van der Waals surface area (Å²) < 4.78 is 17.3. The molecule has 0 spiro atoms. The molecule has 0 radical (unpaired) electrons. The molecule has 1 aliphatic heterocycles. The third-order valence-corrected chi connectivity index (χ3v) is 4.40. The Hall–Kier alpha value is -0.120. The van der Waals surface area contributed by atoms with E-state index in [1.807, 2.05) is 13.8 Å². The average Bonchev–Trinajstić information content (AvgIpc) is 2.66. The minimum Gasteiger partial charge on any atom is -0.353 e. The van der Waals surface area contributed by atoms with Crippen LogP contribution in [-0.4, -0.2) is 25.8 Å². The van der Waals surface area contributed by atoms with Crippen molar-refractivity contribution in [1.29, 1.82) is 0 Å². The third kappa shape index (κ3) is 2.83. The van der Waals surface area contributed by atoms with E-state index < -0.39 is 0 Å². The normalized spacial score (nSPS) is 43.4. The van der Waals surface area contributed by atoms with Crippen molar-refractivity contribution in [2.75, 3.05) is 13.2 Å². The maximum absolute atomic E-state index is 5.92. The zero-order chi connectivity index (χ0) is 12.4. The van der Waals surface area contributed by atoms with Gasteiger partial charge in [0.15, 0.2) is 12.6 Å². The topological polar surface area (TPSA) is 27.7 Å². The van der Waals surface area contributed by atoms with Crippen LogP contribution in [0.15, 0.2) is 0 Å². The molecule has 2 rings (SSSR count). The maximum atomic E-state index is 5.92. The van der Waals surface area contributed by atoms with Gasteiger partial charge in [-0.25, -0.2) is 0 Å². The van der Waals surface area contributed by atoms with E-state index in [4.69, 9.17) is 14.2 Å². The van der Waals surface area contributed by atoms with Crippen molar-refractivity contribution in [2.45, 2.75) is 53.1 Å². The molecule has 1 saturated carbocycles. The number of ether oxygens (including phenoxy) is 3. The van der Waals surface area contributed by atoms with Gasteiger partial charge in [0.25, 0.3) is 0 Å². The number of hydrogen-bond donors (Lipinski definition) is 0. The first kappa shape index (κ1) is 13.3. The summed E-state index contributed by atoms with van der Waals surface area (Å²) >= 11 is 0. The lowest BCUT2D eigenvalue weighted by Crippen LogP contribution is -2.43. The van der Waals surface area contributed by atoms with E-state index in [-0.39, 0.29) is 12.6 Å². The van der Waals surface area contributed by atoms with Crippen molar-refractivity contribution in [1.82, 2.24) is 0 Å². The lowest BCUT2D eigenvalue weighted by Gasteiger charge is -2.40. The smallest absolute Gasteiger partial charge is 0.164 e. The molecule has 2 fully saturated rings. The van der Waals surface area contributed by atoms with E-state index in [1.54, 1.807) is 0 Å². The predicted molar refractivity (Wildman–Crippen MR) is 66.5 cm³/mol. The highest BCUT2D eigenvalue weighted by Crippen LogP contribution is 2.47. The molecule has 1 unspecified atom stereocenters. The van der Waals surface area contributed by atoms with Gasteiger partial charge in [0.1, 0.15) is 0 Å². The molecule has 0 N–H and O–H groups in total. The van der Waals surface area contributed by atoms with Crippen LogP contribution < -0.4 is 0 Å². The van der Waals surface area contributed by atoms with Crippen LogP contribution in [0.5, 0.6) is 0 Å². The number of fused-ring (bicyclic) bond motifs is 1. The Morgan fingerprint density at radius 2 is 2.00 bits per heavy atom. The lowest BCUT2D eigenvalue weighted by molar-refractivity contribution is -0.284. The monoisotopic (exact) mass is 242 g/mol. The highest BCUT2D eigenvalue weighted by molar-refractivity contribution is 4.90. The van der Waals surface area contributed by atoms with Gasteiger partial charge in [-0.05, 0) is 44.4 Å². The van der Waals surface area contributed by atoms with Crippen LogP contribution >= 0.6 is 0 Å². The van der Waals surface area contributed by atoms with Crippen molar-refractivity contribution in [3.63, 3.8) is 0 Å². The fraction of sp³-hybridized carbons (Fsp3) is 1.00. The number of rotatable bonds is 4. The third-order valence-electron chi connectivity index (χ3n) is 4.40. The maximum Gasteiger partial charge on any atom is 0.164 e. The van der Waals surface area contributed by atoms with E-state index in [0.717, 1.165) is 12.5 Å². The Bertz CT molecular complexity index is 244. The quantitative estimate of drug-likeness (QED) is 0.709. The SMILES string of the molecule is CCOC(C)O[C@@H]1OC[C@H](C)[C@@H]2CC[C@H](C)[C@@H]12. The average molecular weight is 242 g/mol. The first-order chi connectivity index (χ1) is 8.13. The Labute approximate surface area is 105 Å². The van der Waals surface area contributed by atoms with Crippen LogP contribution in [0.25, 0.3) is 0 Å². The van der Waals surface area contributed by atoms with Crippen LogP contribution in [0.3, 0.4) is 0 Å². The molecule has 1 aliphatic carbocycles. The Morgan fingerprint density at radius 3 is 2.71 bits per heavy atom. The minimum absolute atomic E-state index is 0.0600. The molecule has 3 nitrogen and oxygen atoms in total. The number of hydrogen-bond acceptors (Lipinski definition) is 3. The summed E-state index contributed by atoms with van der Waals surface area (Å²) in [6.45, 7) is 10.1. The molecular formula is C14H26O3. The van der Waals surface area contributed by atoms with Crippen LogP contribution in [0.1, 0.15) is 40.5 Å². The molecule has 6 atom stereocenters. The largest absolute Gasteiger partial charge is 0.353 e. The second-order valence-corrected chi connectivity index (χ2v) is 5.63. The zero-order valence-electron chi connectivity index (χ0n) is 11.5. The van der Waals surface area contributed by atoms with Gasteiger partial charge in [-0.2, -0.15) is 0 Å². The summed E-state index contributed by atoms with van der Waals surface area (Å²) in [5, 5.41) is 0. The molecule has 0 aromatic carbocycles. The zero-order valence-corrected chi connectivity index (χ0v) is 11.5. The Balaban J connectivity index is 1.97. The summed E-state index contributed by atoms with van der Waals surface area (Å²) in [6.07, 6.45) is 2.42. The van der Waals surface area contributed by atoms with Crippen molar-refractivity contribution in [2.24, 2.45) is 23.7 Å². The van der Waals surface area contributed by atoms with Gasteiger partial charge in [0.2, 0.25) is 0 Å². The summed E-state index contributed by atoms with van der Waals surface area (Å²) in [5.41, 5.74) is 0. The first-order valence-electron chi connectivity index (χ1n) is 7.02. The summed E-state index contributed by atoms with van der Waals surface area (Å²) in [5.74, 6) is 2.72. The predicted octanol–water partition coefficient (Wildman–Crippen LogP) is 3.04. The molecule has 2 aliphatic rings. The van der Waals surface area contributed by atoms with Gasteiger partial charge in [-0.1, -0.05) is 13.8 Å². The van der Waals surface area contributed by atoms with E-state index in [9.17, 15) is 0 Å². The minimum atomic E-state index is -0.160. The molecule has 100 valence electrons. The van der Waals surface area contributed by atoms with Gasteiger partial charge < -0.3 is 14.2 Å². The molecule has 0 bridgehead atoms. The second-order valence-electron chi connectivity index (χ2n) is 5.63. The molecule has 0 aromatic rings. The van der Waals surface area contributed by atoms with Crippen molar-refractivity contribution in [3.05, 3.63) is 0 Å². The van der Waals surface area contributed by atoms with Gasteiger partial charge in [-0.15, -0.1) is 0 Å². The molecule has 3 heteroatoms.